The first-order valence-electron chi connectivity index (χ1n) is 13.5. The Morgan fingerprint density at radius 1 is 0.974 bits per heavy atom. The van der Waals surface area contributed by atoms with Crippen LogP contribution in [0.4, 0.5) is 0 Å². The molecule has 0 aliphatic rings. The molecular formula is C30H47N2O5P. The number of aryl methyl sites for hydroxylation is 1. The lowest BCUT2D eigenvalue weighted by Gasteiger charge is -2.33. The van der Waals surface area contributed by atoms with Crippen molar-refractivity contribution in [1.29, 1.82) is 0 Å². The summed E-state index contributed by atoms with van der Waals surface area (Å²) in [6.45, 7) is 17.0. The van der Waals surface area contributed by atoms with Crippen LogP contribution in [0.15, 0.2) is 48.5 Å². The van der Waals surface area contributed by atoms with Crippen LogP contribution in [0.5, 0.6) is 5.75 Å². The van der Waals surface area contributed by atoms with E-state index in [-0.39, 0.29) is 18.4 Å². The number of ether oxygens (including phenoxy) is 2. The fourth-order valence-electron chi connectivity index (χ4n) is 4.70. The molecule has 2 rings (SSSR count). The number of carbonyl (C=O) groups excluding carboxylic acids is 1. The van der Waals surface area contributed by atoms with E-state index in [0.29, 0.717) is 17.8 Å². The van der Waals surface area contributed by atoms with Crippen molar-refractivity contribution in [3.63, 3.8) is 0 Å². The molecule has 0 aliphatic heterocycles. The van der Waals surface area contributed by atoms with Crippen molar-refractivity contribution in [2.45, 2.75) is 92.0 Å². The van der Waals surface area contributed by atoms with Crippen LogP contribution < -0.4 is 9.61 Å². The second-order valence-electron chi connectivity index (χ2n) is 10.7. The molecule has 8 heteroatoms. The maximum atomic E-state index is 13.9. The van der Waals surface area contributed by atoms with E-state index in [1.807, 2.05) is 37.3 Å². The van der Waals surface area contributed by atoms with E-state index in [9.17, 15) is 9.36 Å². The zero-order valence-corrected chi connectivity index (χ0v) is 25.5. The van der Waals surface area contributed by atoms with Gasteiger partial charge in [-0.2, -0.15) is 0 Å². The van der Waals surface area contributed by atoms with Crippen molar-refractivity contribution >= 4 is 13.5 Å². The van der Waals surface area contributed by atoms with E-state index in [0.717, 1.165) is 24.1 Å². The molecule has 0 spiro atoms. The monoisotopic (exact) mass is 546 g/mol. The van der Waals surface area contributed by atoms with Gasteiger partial charge in [-0.05, 0) is 80.0 Å². The van der Waals surface area contributed by atoms with Gasteiger partial charge in [0.05, 0.1) is 6.10 Å². The minimum Gasteiger partial charge on any atom is -0.462 e. The molecule has 1 N–H and O–H groups in total. The lowest BCUT2D eigenvalue weighted by molar-refractivity contribution is -0.149. The summed E-state index contributed by atoms with van der Waals surface area (Å²) < 4.78 is 30.8. The SMILES string of the molecule is COCP(=O)(N[C@@H](C)C(=O)OC(C)C)Oc1ccc(C)cc1[C@H](CCN(C(C)C)C(C)C)c1ccccc1. The molecule has 2 aromatic rings. The molecule has 7 nitrogen and oxygen atoms in total. The molecule has 0 amide bonds. The second-order valence-corrected chi connectivity index (χ2v) is 12.8. The molecule has 38 heavy (non-hydrogen) atoms. The van der Waals surface area contributed by atoms with E-state index in [1.54, 1.807) is 20.8 Å². The molecular weight excluding hydrogens is 499 g/mol. The van der Waals surface area contributed by atoms with Gasteiger partial charge in [-0.15, -0.1) is 0 Å². The summed E-state index contributed by atoms with van der Waals surface area (Å²) in [6, 6.07) is 16.3. The number of hydrogen-bond acceptors (Lipinski definition) is 6. The number of nitrogens with one attached hydrogen (secondary N) is 1. The second kappa shape index (κ2) is 14.8. The number of rotatable bonds is 15. The Morgan fingerprint density at radius 2 is 1.61 bits per heavy atom. The average Bonchev–Trinajstić information content (AvgIpc) is 2.83. The summed E-state index contributed by atoms with van der Waals surface area (Å²) >= 11 is 0. The summed E-state index contributed by atoms with van der Waals surface area (Å²) in [6.07, 6.45) is 0.393. The van der Waals surface area contributed by atoms with Crippen molar-refractivity contribution in [1.82, 2.24) is 9.99 Å². The van der Waals surface area contributed by atoms with Crippen molar-refractivity contribution in [3.05, 3.63) is 65.2 Å². The number of benzene rings is 2. The fraction of sp³-hybridized carbons (Fsp3) is 0.567. The standard InChI is InChI=1S/C30H47N2O5P/c1-21(2)32(22(3)4)18-17-27(26-13-11-10-12-14-26)28-19-24(7)15-16-29(28)37-38(34,20-35-9)31-25(8)30(33)36-23(5)6/h10-16,19,21-23,25,27H,17-18,20H2,1-9H3,(H,31,34)/t25-,27+,38?/m0/s1. The third-order valence-corrected chi connectivity index (χ3v) is 8.26. The van der Waals surface area contributed by atoms with Gasteiger partial charge in [0.25, 0.3) is 0 Å². The molecule has 0 bridgehead atoms. The van der Waals surface area contributed by atoms with E-state index >= 15 is 0 Å². The topological polar surface area (TPSA) is 77.1 Å². The summed E-state index contributed by atoms with van der Waals surface area (Å²) in [5.74, 6) is 0.0431. The third-order valence-electron chi connectivity index (χ3n) is 6.39. The van der Waals surface area contributed by atoms with Crippen LogP contribution in [0.2, 0.25) is 0 Å². The van der Waals surface area contributed by atoms with Gasteiger partial charge in [0, 0.05) is 30.7 Å². The minimum atomic E-state index is -3.62. The highest BCUT2D eigenvalue weighted by atomic mass is 31.2. The van der Waals surface area contributed by atoms with Gasteiger partial charge in [-0.1, -0.05) is 48.0 Å². The Labute approximate surface area is 229 Å². The Morgan fingerprint density at radius 3 is 2.16 bits per heavy atom. The van der Waals surface area contributed by atoms with Crippen LogP contribution in [-0.2, 0) is 18.8 Å². The predicted octanol–water partition coefficient (Wildman–Crippen LogP) is 6.74. The molecule has 0 saturated heterocycles. The first-order valence-corrected chi connectivity index (χ1v) is 15.3. The van der Waals surface area contributed by atoms with Gasteiger partial charge in [0.15, 0.2) is 0 Å². The molecule has 0 saturated carbocycles. The minimum absolute atomic E-state index is 0.0189. The molecule has 212 valence electrons. The zero-order valence-electron chi connectivity index (χ0n) is 24.6. The average molecular weight is 547 g/mol. The van der Waals surface area contributed by atoms with Gasteiger partial charge in [-0.25, -0.2) is 5.09 Å². The smallest absolute Gasteiger partial charge is 0.342 e. The van der Waals surface area contributed by atoms with E-state index in [1.165, 1.54) is 12.7 Å². The van der Waals surface area contributed by atoms with Crippen LogP contribution in [0.25, 0.3) is 0 Å². The Kier molecular flexibility index (Phi) is 12.5. The predicted molar refractivity (Wildman–Crippen MR) is 155 cm³/mol. The van der Waals surface area contributed by atoms with Gasteiger partial charge in [-0.3, -0.25) is 14.3 Å². The normalized spacial score (nSPS) is 15.1. The molecule has 0 radical (unpaired) electrons. The third kappa shape index (κ3) is 9.53. The molecule has 0 heterocycles. The first-order chi connectivity index (χ1) is 17.9. The van der Waals surface area contributed by atoms with E-state index in [2.05, 4.69) is 55.9 Å². The summed E-state index contributed by atoms with van der Waals surface area (Å²) in [5.41, 5.74) is 3.21. The maximum Gasteiger partial charge on any atom is 0.342 e. The molecule has 0 aromatic heterocycles. The molecule has 3 atom stereocenters. The van der Waals surface area contributed by atoms with Crippen LogP contribution in [0, 0.1) is 6.92 Å². The summed E-state index contributed by atoms with van der Waals surface area (Å²) in [7, 11) is -2.16. The van der Waals surface area contributed by atoms with Gasteiger partial charge >= 0.3 is 13.5 Å². The first kappa shape index (κ1) is 32.0. The van der Waals surface area contributed by atoms with Crippen molar-refractivity contribution in [3.8, 4) is 5.75 Å². The highest BCUT2D eigenvalue weighted by molar-refractivity contribution is 7.57. The van der Waals surface area contributed by atoms with Crippen molar-refractivity contribution in [2.75, 3.05) is 20.0 Å². The number of hydrogen-bond donors (Lipinski definition) is 1. The van der Waals surface area contributed by atoms with Crippen molar-refractivity contribution < 1.29 is 23.4 Å². The lowest BCUT2D eigenvalue weighted by Crippen LogP contribution is -2.38. The van der Waals surface area contributed by atoms with Crippen LogP contribution in [0.3, 0.4) is 0 Å². The summed E-state index contributed by atoms with van der Waals surface area (Å²) in [5, 5.41) is 2.87. The van der Waals surface area contributed by atoms with Crippen LogP contribution in [0.1, 0.15) is 77.5 Å². The Bertz CT molecular complexity index is 1050. The van der Waals surface area contributed by atoms with Gasteiger partial charge < -0.3 is 14.0 Å². The maximum absolute atomic E-state index is 13.9. The van der Waals surface area contributed by atoms with E-state index in [4.69, 9.17) is 14.0 Å². The summed E-state index contributed by atoms with van der Waals surface area (Å²) in [4.78, 5) is 14.9. The molecule has 2 aromatic carbocycles. The number of methoxy groups -OCH3 is 1. The number of carbonyl (C=O) groups is 1. The fourth-order valence-corrected chi connectivity index (χ4v) is 6.40. The molecule has 1 unspecified atom stereocenters. The van der Waals surface area contributed by atoms with Crippen LogP contribution in [-0.4, -0.2) is 55.1 Å². The highest BCUT2D eigenvalue weighted by Crippen LogP contribution is 2.47. The Balaban J connectivity index is 2.47. The van der Waals surface area contributed by atoms with Gasteiger partial charge in [0.2, 0.25) is 0 Å². The lowest BCUT2D eigenvalue weighted by atomic mass is 9.87. The van der Waals surface area contributed by atoms with Gasteiger partial charge in [0.1, 0.15) is 18.1 Å². The molecule has 0 fully saturated rings. The molecule has 0 aliphatic carbocycles. The largest absolute Gasteiger partial charge is 0.462 e. The Hall–Kier alpha value is -2.18. The van der Waals surface area contributed by atoms with Crippen LogP contribution >= 0.6 is 7.52 Å². The number of nitrogens with zero attached hydrogens (tertiary/aromatic N) is 1. The van der Waals surface area contributed by atoms with Crippen molar-refractivity contribution in [2.24, 2.45) is 0 Å². The number of esters is 1. The zero-order chi connectivity index (χ0) is 28.5. The quantitative estimate of drug-likeness (QED) is 0.196. The van der Waals surface area contributed by atoms with E-state index < -0.39 is 19.5 Å². The highest BCUT2D eigenvalue weighted by Gasteiger charge is 2.32.